The van der Waals surface area contributed by atoms with Gasteiger partial charge in [-0.2, -0.15) is 21.6 Å². The number of unbranched alkanes of at least 4 members (excludes halogenated alkanes) is 2. The standard InChI is InChI=1S/C8H18O.CHF3O3S.Y/c1-3-5-7-9-8-6-4-2;2-1(3,4)8(5,6)7;/h3-8H2,1-2H3;(H,5,6,7);/q;;+3. The van der Waals surface area contributed by atoms with E-state index in [1.807, 2.05) is 0 Å². The molecule has 9 heteroatoms. The number of hydrogen-bond acceptors (Lipinski definition) is 3. The molecular weight excluding hydrogens is 350 g/mol. The van der Waals surface area contributed by atoms with Gasteiger partial charge < -0.3 is 4.74 Å². The molecule has 0 fully saturated rings. The summed E-state index contributed by atoms with van der Waals surface area (Å²) in [6.07, 6.45) is 4.91. The maximum Gasteiger partial charge on any atom is 3.00 e. The molecule has 0 saturated heterocycles. The Morgan fingerprint density at radius 2 is 1.33 bits per heavy atom. The van der Waals surface area contributed by atoms with Crippen molar-refractivity contribution in [3.05, 3.63) is 0 Å². The number of hydrogen-bond donors (Lipinski definition) is 1. The maximum absolute atomic E-state index is 10.7. The van der Waals surface area contributed by atoms with Gasteiger partial charge in [0.05, 0.1) is 0 Å². The first-order valence-electron chi connectivity index (χ1n) is 5.28. The van der Waals surface area contributed by atoms with Crippen LogP contribution in [0.2, 0.25) is 0 Å². The van der Waals surface area contributed by atoms with E-state index in [1.165, 1.54) is 25.7 Å². The van der Waals surface area contributed by atoms with E-state index in [0.29, 0.717) is 0 Å². The van der Waals surface area contributed by atoms with Crippen molar-refractivity contribution >= 4 is 10.1 Å². The third-order valence-corrected chi connectivity index (χ3v) is 2.16. The minimum absolute atomic E-state index is 0. The van der Waals surface area contributed by atoms with E-state index < -0.39 is 15.6 Å². The summed E-state index contributed by atoms with van der Waals surface area (Å²) in [4.78, 5) is 0. The fourth-order valence-corrected chi connectivity index (χ4v) is 0.595. The molecule has 0 saturated carbocycles. The molecule has 0 aromatic rings. The quantitative estimate of drug-likeness (QED) is 0.444. The van der Waals surface area contributed by atoms with Crippen molar-refractivity contribution in [1.29, 1.82) is 0 Å². The molecule has 0 radical (unpaired) electrons. The average molecular weight is 369 g/mol. The van der Waals surface area contributed by atoms with Gasteiger partial charge in [-0.25, -0.2) is 0 Å². The third kappa shape index (κ3) is 16.8. The van der Waals surface area contributed by atoms with Crippen LogP contribution >= 0.6 is 0 Å². The molecule has 0 aromatic heterocycles. The first-order valence-corrected chi connectivity index (χ1v) is 6.72. The van der Waals surface area contributed by atoms with Crippen LogP contribution < -0.4 is 0 Å². The van der Waals surface area contributed by atoms with Gasteiger partial charge >= 0.3 is 48.3 Å². The summed E-state index contributed by atoms with van der Waals surface area (Å²) >= 11 is 0. The van der Waals surface area contributed by atoms with E-state index in [-0.39, 0.29) is 32.7 Å². The summed E-state index contributed by atoms with van der Waals surface area (Å²) in [6, 6.07) is 0. The smallest absolute Gasteiger partial charge is 0.381 e. The van der Waals surface area contributed by atoms with E-state index in [2.05, 4.69) is 13.8 Å². The van der Waals surface area contributed by atoms with Crippen LogP contribution in [0.25, 0.3) is 0 Å². The second-order valence-corrected chi connectivity index (χ2v) is 4.65. The molecule has 1 N–H and O–H groups in total. The van der Waals surface area contributed by atoms with E-state index in [1.54, 1.807) is 0 Å². The van der Waals surface area contributed by atoms with Gasteiger partial charge in [0.1, 0.15) is 0 Å². The van der Waals surface area contributed by atoms with Crippen LogP contribution in [0.15, 0.2) is 0 Å². The van der Waals surface area contributed by atoms with Gasteiger partial charge in [0, 0.05) is 13.2 Å². The zero-order chi connectivity index (χ0) is 13.9. The molecule has 0 amide bonds. The molecule has 0 bridgehead atoms. The van der Waals surface area contributed by atoms with Crippen LogP contribution in [0.3, 0.4) is 0 Å². The largest absolute Gasteiger partial charge is 3.00 e. The van der Waals surface area contributed by atoms with Gasteiger partial charge in [-0.3, -0.25) is 4.55 Å². The number of rotatable bonds is 6. The van der Waals surface area contributed by atoms with E-state index in [9.17, 15) is 13.2 Å². The number of ether oxygens (including phenoxy) is 1. The third-order valence-electron chi connectivity index (χ3n) is 1.58. The van der Waals surface area contributed by atoms with E-state index in [0.717, 1.165) is 13.2 Å². The Bertz CT molecular complexity index is 261. The molecule has 0 aliphatic heterocycles. The zero-order valence-corrected chi connectivity index (χ0v) is 14.2. The fourth-order valence-electron chi connectivity index (χ4n) is 0.595. The normalized spacial score (nSPS) is 11.2. The van der Waals surface area contributed by atoms with Gasteiger partial charge in [-0.15, -0.1) is 0 Å². The van der Waals surface area contributed by atoms with Gasteiger partial charge in [0.25, 0.3) is 0 Å². The predicted octanol–water partition coefficient (Wildman–Crippen LogP) is 2.99. The molecule has 106 valence electrons. The Morgan fingerprint density at radius 1 is 1.06 bits per heavy atom. The molecule has 0 atom stereocenters. The van der Waals surface area contributed by atoms with Gasteiger partial charge in [0.15, 0.2) is 0 Å². The molecule has 0 aliphatic rings. The summed E-state index contributed by atoms with van der Waals surface area (Å²) in [5.74, 6) is 0. The van der Waals surface area contributed by atoms with Crippen molar-refractivity contribution in [2.75, 3.05) is 13.2 Å². The van der Waals surface area contributed by atoms with Crippen molar-refractivity contribution in [3.8, 4) is 0 Å². The minimum atomic E-state index is -5.84. The van der Waals surface area contributed by atoms with Crippen LogP contribution in [-0.2, 0) is 47.6 Å². The van der Waals surface area contributed by atoms with Gasteiger partial charge in [0.2, 0.25) is 0 Å². The molecule has 0 spiro atoms. The zero-order valence-electron chi connectivity index (χ0n) is 10.5. The molecule has 0 unspecified atom stereocenters. The van der Waals surface area contributed by atoms with Crippen molar-refractivity contribution < 1.29 is 63.6 Å². The Kier molecular flexibility index (Phi) is 16.9. The SMILES string of the molecule is CCCCOCCCC.O=S(=O)(O)C(F)(F)F.[Y+3]. The summed E-state index contributed by atoms with van der Waals surface area (Å²) in [7, 11) is -5.84. The van der Waals surface area contributed by atoms with Gasteiger partial charge in [-0.1, -0.05) is 26.7 Å². The molecule has 18 heavy (non-hydrogen) atoms. The summed E-state index contributed by atoms with van der Waals surface area (Å²) in [5.41, 5.74) is -5.53. The molecule has 0 heterocycles. The Labute approximate surface area is 131 Å². The summed E-state index contributed by atoms with van der Waals surface area (Å²) in [5, 5.41) is 0. The Hall–Kier alpha value is 0.764. The van der Waals surface area contributed by atoms with Crippen molar-refractivity contribution in [3.63, 3.8) is 0 Å². The summed E-state index contributed by atoms with van der Waals surface area (Å²) in [6.45, 7) is 6.28. The van der Waals surface area contributed by atoms with Crippen LogP contribution in [0.1, 0.15) is 39.5 Å². The second kappa shape index (κ2) is 12.8. The first-order chi connectivity index (χ1) is 7.66. The Morgan fingerprint density at radius 3 is 1.50 bits per heavy atom. The summed E-state index contributed by atoms with van der Waals surface area (Å²) < 4.78 is 62.9. The van der Waals surface area contributed by atoms with Crippen LogP contribution in [-0.4, -0.2) is 31.7 Å². The monoisotopic (exact) mass is 369 g/mol. The molecule has 4 nitrogen and oxygen atoms in total. The first kappa shape index (κ1) is 23.8. The predicted molar refractivity (Wildman–Crippen MR) is 58.2 cm³/mol. The molecule has 0 aromatic carbocycles. The topological polar surface area (TPSA) is 63.6 Å². The van der Waals surface area contributed by atoms with E-state index in [4.69, 9.17) is 17.7 Å². The number of alkyl halides is 3. The van der Waals surface area contributed by atoms with Crippen molar-refractivity contribution in [2.45, 2.75) is 45.0 Å². The maximum atomic E-state index is 10.7. The molecule has 0 rings (SSSR count). The Balaban J connectivity index is -0.000000238. The van der Waals surface area contributed by atoms with Crippen molar-refractivity contribution in [2.24, 2.45) is 0 Å². The van der Waals surface area contributed by atoms with Crippen LogP contribution in [0.4, 0.5) is 13.2 Å². The van der Waals surface area contributed by atoms with E-state index >= 15 is 0 Å². The average Bonchev–Trinajstić information content (AvgIpc) is 2.15. The fraction of sp³-hybridized carbons (Fsp3) is 1.00. The molecule has 0 aliphatic carbocycles. The van der Waals surface area contributed by atoms with Crippen LogP contribution in [0.5, 0.6) is 0 Å². The minimum Gasteiger partial charge on any atom is -0.381 e. The number of halogens is 3. The van der Waals surface area contributed by atoms with Gasteiger partial charge in [-0.05, 0) is 12.8 Å². The van der Waals surface area contributed by atoms with Crippen LogP contribution in [0, 0.1) is 0 Å². The molecular formula is C9H19F3O4SY+3. The second-order valence-electron chi connectivity index (χ2n) is 3.24. The van der Waals surface area contributed by atoms with Crippen molar-refractivity contribution in [1.82, 2.24) is 0 Å².